The predicted octanol–water partition coefficient (Wildman–Crippen LogP) is 2.75. The van der Waals surface area contributed by atoms with Crippen LogP contribution in [0, 0.1) is 6.92 Å². The molecule has 0 atom stereocenters. The molecule has 0 radical (unpaired) electrons. The smallest absolute Gasteiger partial charge is 0.103 e. The Labute approximate surface area is 71.5 Å². The predicted molar refractivity (Wildman–Crippen MR) is 50.8 cm³/mol. The SMILES string of the molecule is C=Cc1c(C)ccnc1SC. The number of aromatic nitrogens is 1. The Bertz CT molecular complexity index is 268. The summed E-state index contributed by atoms with van der Waals surface area (Å²) in [4.78, 5) is 4.22. The van der Waals surface area contributed by atoms with E-state index in [1.54, 1.807) is 11.8 Å². The minimum atomic E-state index is 1.06. The van der Waals surface area contributed by atoms with Gasteiger partial charge in [-0.15, -0.1) is 11.8 Å². The van der Waals surface area contributed by atoms with Crippen LogP contribution in [0.25, 0.3) is 6.08 Å². The lowest BCUT2D eigenvalue weighted by atomic mass is 10.2. The zero-order valence-electron chi connectivity index (χ0n) is 6.79. The fraction of sp³-hybridized carbons (Fsp3) is 0.222. The van der Waals surface area contributed by atoms with E-state index in [0.717, 1.165) is 10.6 Å². The van der Waals surface area contributed by atoms with Gasteiger partial charge in [0.2, 0.25) is 0 Å². The first kappa shape index (κ1) is 8.34. The molecule has 58 valence electrons. The van der Waals surface area contributed by atoms with Crippen LogP contribution in [0.4, 0.5) is 0 Å². The van der Waals surface area contributed by atoms with Gasteiger partial charge in [0, 0.05) is 11.8 Å². The van der Waals surface area contributed by atoms with Crippen molar-refractivity contribution in [3.05, 3.63) is 30.0 Å². The second-order valence-electron chi connectivity index (χ2n) is 2.25. The summed E-state index contributed by atoms with van der Waals surface area (Å²) in [6.45, 7) is 5.81. The van der Waals surface area contributed by atoms with Gasteiger partial charge in [-0.2, -0.15) is 0 Å². The van der Waals surface area contributed by atoms with Crippen LogP contribution in [0.1, 0.15) is 11.1 Å². The van der Waals surface area contributed by atoms with Crippen LogP contribution < -0.4 is 0 Å². The second-order valence-corrected chi connectivity index (χ2v) is 3.05. The van der Waals surface area contributed by atoms with Crippen molar-refractivity contribution in [2.24, 2.45) is 0 Å². The topological polar surface area (TPSA) is 12.9 Å². The standard InChI is InChI=1S/C9H11NS/c1-4-8-7(2)5-6-10-9(8)11-3/h4-6H,1H2,2-3H3. The highest BCUT2D eigenvalue weighted by atomic mass is 32.2. The van der Waals surface area contributed by atoms with Gasteiger partial charge in [0.15, 0.2) is 0 Å². The number of thioether (sulfide) groups is 1. The summed E-state index contributed by atoms with van der Waals surface area (Å²) >= 11 is 1.65. The van der Waals surface area contributed by atoms with E-state index in [4.69, 9.17) is 0 Å². The Morgan fingerprint density at radius 1 is 1.64 bits per heavy atom. The second kappa shape index (κ2) is 3.58. The molecule has 0 N–H and O–H groups in total. The molecule has 1 heterocycles. The third kappa shape index (κ3) is 1.63. The maximum Gasteiger partial charge on any atom is 0.103 e. The van der Waals surface area contributed by atoms with Crippen molar-refractivity contribution in [2.75, 3.05) is 6.26 Å². The molecule has 2 heteroatoms. The summed E-state index contributed by atoms with van der Waals surface area (Å²) in [6.07, 6.45) is 5.71. The zero-order chi connectivity index (χ0) is 8.27. The molecular formula is C9H11NS. The van der Waals surface area contributed by atoms with Gasteiger partial charge in [-0.3, -0.25) is 0 Å². The van der Waals surface area contributed by atoms with E-state index in [0.29, 0.717) is 0 Å². The average molecular weight is 165 g/mol. The van der Waals surface area contributed by atoms with Crippen LogP contribution >= 0.6 is 11.8 Å². The van der Waals surface area contributed by atoms with Crippen LogP contribution in [-0.4, -0.2) is 11.2 Å². The molecule has 0 aliphatic carbocycles. The first-order valence-electron chi connectivity index (χ1n) is 3.41. The molecule has 11 heavy (non-hydrogen) atoms. The monoisotopic (exact) mass is 165 g/mol. The van der Waals surface area contributed by atoms with Crippen molar-refractivity contribution in [2.45, 2.75) is 11.9 Å². The van der Waals surface area contributed by atoms with Crippen LogP contribution in [0.15, 0.2) is 23.9 Å². The van der Waals surface area contributed by atoms with E-state index >= 15 is 0 Å². The Kier molecular flexibility index (Phi) is 2.71. The molecule has 0 spiro atoms. The zero-order valence-corrected chi connectivity index (χ0v) is 7.61. The summed E-state index contributed by atoms with van der Waals surface area (Å²) in [5.41, 5.74) is 2.39. The first-order chi connectivity index (χ1) is 5.29. The van der Waals surface area contributed by atoms with E-state index < -0.39 is 0 Å². The van der Waals surface area contributed by atoms with Gasteiger partial charge in [-0.05, 0) is 24.8 Å². The van der Waals surface area contributed by atoms with Gasteiger partial charge < -0.3 is 0 Å². The van der Waals surface area contributed by atoms with E-state index in [2.05, 4.69) is 18.5 Å². The molecule has 0 saturated carbocycles. The van der Waals surface area contributed by atoms with Crippen molar-refractivity contribution in [3.8, 4) is 0 Å². The summed E-state index contributed by atoms with van der Waals surface area (Å²) in [6, 6.07) is 2.00. The van der Waals surface area contributed by atoms with Crippen molar-refractivity contribution in [3.63, 3.8) is 0 Å². The quantitative estimate of drug-likeness (QED) is 0.625. The van der Waals surface area contributed by atoms with E-state index in [1.807, 2.05) is 24.6 Å². The van der Waals surface area contributed by atoms with Gasteiger partial charge in [0.1, 0.15) is 5.03 Å². The highest BCUT2D eigenvalue weighted by Gasteiger charge is 2.00. The molecule has 1 nitrogen and oxygen atoms in total. The van der Waals surface area contributed by atoms with E-state index in [-0.39, 0.29) is 0 Å². The fourth-order valence-electron chi connectivity index (χ4n) is 0.956. The van der Waals surface area contributed by atoms with Gasteiger partial charge in [-0.1, -0.05) is 12.7 Å². The number of aryl methyl sites for hydroxylation is 1. The van der Waals surface area contributed by atoms with Crippen molar-refractivity contribution in [1.82, 2.24) is 4.98 Å². The Morgan fingerprint density at radius 2 is 2.36 bits per heavy atom. The van der Waals surface area contributed by atoms with Crippen LogP contribution in [-0.2, 0) is 0 Å². The molecule has 0 bridgehead atoms. The molecule has 1 rings (SSSR count). The van der Waals surface area contributed by atoms with Gasteiger partial charge >= 0.3 is 0 Å². The fourth-order valence-corrected chi connectivity index (χ4v) is 1.59. The van der Waals surface area contributed by atoms with Crippen molar-refractivity contribution >= 4 is 17.8 Å². The Hall–Kier alpha value is -0.760. The normalized spacial score (nSPS) is 9.64. The third-order valence-electron chi connectivity index (χ3n) is 1.57. The molecule has 1 aromatic heterocycles. The largest absolute Gasteiger partial charge is 0.249 e. The maximum atomic E-state index is 4.22. The van der Waals surface area contributed by atoms with E-state index in [1.165, 1.54) is 5.56 Å². The molecule has 0 aliphatic rings. The van der Waals surface area contributed by atoms with Crippen molar-refractivity contribution < 1.29 is 0 Å². The average Bonchev–Trinajstić information content (AvgIpc) is 2.04. The molecule has 0 unspecified atom stereocenters. The lowest BCUT2D eigenvalue weighted by Gasteiger charge is -2.03. The molecule has 0 aliphatic heterocycles. The number of hydrogen-bond donors (Lipinski definition) is 0. The Balaban J connectivity index is 3.24. The summed E-state index contributed by atoms with van der Waals surface area (Å²) in [5.74, 6) is 0. The molecule has 1 aromatic rings. The van der Waals surface area contributed by atoms with Crippen molar-refractivity contribution in [1.29, 1.82) is 0 Å². The number of hydrogen-bond acceptors (Lipinski definition) is 2. The summed E-state index contributed by atoms with van der Waals surface area (Å²) in [5, 5.41) is 1.06. The summed E-state index contributed by atoms with van der Waals surface area (Å²) in [7, 11) is 0. The lowest BCUT2D eigenvalue weighted by Crippen LogP contribution is -1.87. The van der Waals surface area contributed by atoms with E-state index in [9.17, 15) is 0 Å². The molecule has 0 aromatic carbocycles. The van der Waals surface area contributed by atoms with Crippen LogP contribution in [0.3, 0.4) is 0 Å². The van der Waals surface area contributed by atoms with Gasteiger partial charge in [0.25, 0.3) is 0 Å². The van der Waals surface area contributed by atoms with Crippen LogP contribution in [0.2, 0.25) is 0 Å². The molecular weight excluding hydrogens is 154 g/mol. The summed E-state index contributed by atoms with van der Waals surface area (Å²) < 4.78 is 0. The van der Waals surface area contributed by atoms with Gasteiger partial charge in [-0.25, -0.2) is 4.98 Å². The highest BCUT2D eigenvalue weighted by Crippen LogP contribution is 2.20. The first-order valence-corrected chi connectivity index (χ1v) is 4.64. The molecule has 0 amide bonds. The van der Waals surface area contributed by atoms with Gasteiger partial charge in [0.05, 0.1) is 0 Å². The number of rotatable bonds is 2. The number of pyridine rings is 1. The minimum absolute atomic E-state index is 1.06. The highest BCUT2D eigenvalue weighted by molar-refractivity contribution is 7.98. The lowest BCUT2D eigenvalue weighted by molar-refractivity contribution is 1.10. The van der Waals surface area contributed by atoms with Crippen LogP contribution in [0.5, 0.6) is 0 Å². The number of nitrogens with zero attached hydrogens (tertiary/aromatic N) is 1. The molecule has 0 fully saturated rings. The molecule has 0 saturated heterocycles. The third-order valence-corrected chi connectivity index (χ3v) is 2.28. The Morgan fingerprint density at radius 3 is 2.82 bits per heavy atom. The maximum absolute atomic E-state index is 4.22. The minimum Gasteiger partial charge on any atom is -0.249 e.